The van der Waals surface area contributed by atoms with Gasteiger partial charge in [0.25, 0.3) is 0 Å². The lowest BCUT2D eigenvalue weighted by atomic mass is 10.1. The Kier molecular flexibility index (Phi) is 5.50. The minimum atomic E-state index is -0.365. The molecule has 5 rings (SSSR count). The van der Waals surface area contributed by atoms with Gasteiger partial charge < -0.3 is 19.7 Å². The molecule has 2 aliphatic rings. The Bertz CT molecular complexity index is 1200. The number of aromatic nitrogens is 2. The molecule has 2 aromatic carbocycles. The second-order valence-corrected chi connectivity index (χ2v) is 8.49. The van der Waals surface area contributed by atoms with Crippen molar-refractivity contribution in [1.82, 2.24) is 15.1 Å². The van der Waals surface area contributed by atoms with Gasteiger partial charge in [0.1, 0.15) is 0 Å². The molecule has 0 saturated carbocycles. The fourth-order valence-electron chi connectivity index (χ4n) is 4.35. The molecule has 1 fully saturated rings. The van der Waals surface area contributed by atoms with Crippen LogP contribution in [0.4, 0.5) is 5.69 Å². The second-order valence-electron chi connectivity index (χ2n) is 8.49. The number of rotatable bonds is 6. The molecule has 0 spiro atoms. The molecule has 1 unspecified atom stereocenters. The van der Waals surface area contributed by atoms with Gasteiger partial charge in [-0.1, -0.05) is 12.1 Å². The highest BCUT2D eigenvalue weighted by atomic mass is 16.7. The zero-order valence-electron chi connectivity index (χ0n) is 18.7. The third kappa shape index (κ3) is 4.28. The summed E-state index contributed by atoms with van der Waals surface area (Å²) in [5.41, 5.74) is 4.95. The quantitative estimate of drug-likeness (QED) is 0.629. The summed E-state index contributed by atoms with van der Waals surface area (Å²) in [6.07, 6.45) is 0.924. The molecule has 1 atom stereocenters. The first-order valence-corrected chi connectivity index (χ1v) is 11.1. The van der Waals surface area contributed by atoms with Gasteiger partial charge in [-0.3, -0.25) is 9.59 Å². The van der Waals surface area contributed by atoms with Crippen molar-refractivity contribution in [3.8, 4) is 17.2 Å². The topological polar surface area (TPSA) is 85.7 Å². The lowest BCUT2D eigenvalue weighted by Crippen LogP contribution is -2.34. The maximum atomic E-state index is 12.7. The lowest BCUT2D eigenvalue weighted by molar-refractivity contribution is -0.126. The predicted molar refractivity (Wildman–Crippen MR) is 123 cm³/mol. The zero-order chi connectivity index (χ0) is 22.9. The first-order valence-electron chi connectivity index (χ1n) is 11.1. The molecular formula is C25H26N4O4. The minimum Gasteiger partial charge on any atom is -0.454 e. The third-order valence-corrected chi connectivity index (χ3v) is 6.07. The normalized spacial score (nSPS) is 17.0. The molecule has 3 heterocycles. The van der Waals surface area contributed by atoms with Crippen LogP contribution < -0.4 is 19.7 Å². The van der Waals surface area contributed by atoms with Crippen LogP contribution in [0.3, 0.4) is 0 Å². The summed E-state index contributed by atoms with van der Waals surface area (Å²) in [5.74, 6) is 0.774. The number of aryl methyl sites for hydroxylation is 2. The minimum absolute atomic E-state index is 0.0613. The number of benzene rings is 2. The molecule has 2 amide bonds. The third-order valence-electron chi connectivity index (χ3n) is 6.07. The molecule has 0 bridgehead atoms. The van der Waals surface area contributed by atoms with Crippen molar-refractivity contribution in [2.45, 2.75) is 26.7 Å². The molecule has 3 aromatic rings. The van der Waals surface area contributed by atoms with Crippen molar-refractivity contribution in [2.24, 2.45) is 5.92 Å². The number of anilines is 1. The Morgan fingerprint density at radius 1 is 1.06 bits per heavy atom. The van der Waals surface area contributed by atoms with E-state index in [0.717, 1.165) is 34.7 Å². The van der Waals surface area contributed by atoms with Gasteiger partial charge in [0, 0.05) is 37.0 Å². The summed E-state index contributed by atoms with van der Waals surface area (Å²) in [6, 6.07) is 15.6. The molecule has 8 nitrogen and oxygen atoms in total. The summed E-state index contributed by atoms with van der Waals surface area (Å²) < 4.78 is 12.6. The van der Waals surface area contributed by atoms with Crippen molar-refractivity contribution in [1.29, 1.82) is 0 Å². The van der Waals surface area contributed by atoms with Crippen LogP contribution >= 0.6 is 0 Å². The number of hydrogen-bond donors (Lipinski definition) is 1. The van der Waals surface area contributed by atoms with Crippen LogP contribution in [0.5, 0.6) is 11.5 Å². The van der Waals surface area contributed by atoms with Crippen molar-refractivity contribution >= 4 is 17.5 Å². The fraction of sp³-hybridized carbons (Fsp3) is 0.320. The van der Waals surface area contributed by atoms with Gasteiger partial charge in [0.05, 0.1) is 17.3 Å². The summed E-state index contributed by atoms with van der Waals surface area (Å²) in [5, 5.41) is 7.49. The average Bonchev–Trinajstić information content (AvgIpc) is 3.51. The van der Waals surface area contributed by atoms with Crippen molar-refractivity contribution in [3.05, 3.63) is 65.5 Å². The second kappa shape index (κ2) is 8.61. The van der Waals surface area contributed by atoms with E-state index in [9.17, 15) is 9.59 Å². The Hall–Kier alpha value is -3.81. The first-order chi connectivity index (χ1) is 16.0. The highest BCUT2D eigenvalue weighted by Crippen LogP contribution is 2.37. The van der Waals surface area contributed by atoms with E-state index in [-0.39, 0.29) is 30.9 Å². The number of fused-ring (bicyclic) bond motifs is 1. The smallest absolute Gasteiger partial charge is 0.231 e. The molecule has 1 aromatic heterocycles. The van der Waals surface area contributed by atoms with Crippen molar-refractivity contribution < 1.29 is 19.1 Å². The summed E-state index contributed by atoms with van der Waals surface area (Å²) >= 11 is 0. The highest BCUT2D eigenvalue weighted by Gasteiger charge is 2.35. The standard InChI is InChI=1S/C25H26N4O4/c1-16-11-17(2)29(27-16)20-5-3-18(4-6-20)9-10-26-25(31)19-12-24(30)28(14-19)21-7-8-22-23(13-21)33-15-32-22/h3-8,11,13,19H,9-10,12,14-15H2,1-2H3,(H,26,31). The molecule has 33 heavy (non-hydrogen) atoms. The van der Waals surface area contributed by atoms with E-state index in [1.165, 1.54) is 0 Å². The molecule has 0 radical (unpaired) electrons. The molecule has 8 heteroatoms. The predicted octanol–water partition coefficient (Wildman–Crippen LogP) is 2.93. The fourth-order valence-corrected chi connectivity index (χ4v) is 4.35. The molecule has 170 valence electrons. The SMILES string of the molecule is Cc1cc(C)n(-c2ccc(CCNC(=O)C3CC(=O)N(c4ccc5c(c4)OCO5)C3)cc2)n1. The van der Waals surface area contributed by atoms with E-state index in [1.807, 2.05) is 42.8 Å². The van der Waals surface area contributed by atoms with Gasteiger partial charge in [0.15, 0.2) is 11.5 Å². The van der Waals surface area contributed by atoms with Crippen molar-refractivity contribution in [3.63, 3.8) is 0 Å². The number of carbonyl (C=O) groups excluding carboxylic acids is 2. The van der Waals surface area contributed by atoms with Crippen LogP contribution in [0.25, 0.3) is 5.69 Å². The number of nitrogens with one attached hydrogen (secondary N) is 1. The van der Waals surface area contributed by atoms with Crippen LogP contribution in [0.15, 0.2) is 48.5 Å². The van der Waals surface area contributed by atoms with Gasteiger partial charge in [-0.25, -0.2) is 4.68 Å². The van der Waals surface area contributed by atoms with Gasteiger partial charge in [0.2, 0.25) is 18.6 Å². The van der Waals surface area contributed by atoms with Crippen LogP contribution in [0, 0.1) is 19.8 Å². The van der Waals surface area contributed by atoms with Crippen LogP contribution in [0.1, 0.15) is 23.4 Å². The van der Waals surface area contributed by atoms with Crippen LogP contribution in [-0.2, 0) is 16.0 Å². The van der Waals surface area contributed by atoms with Gasteiger partial charge in [-0.05, 0) is 56.2 Å². The average molecular weight is 447 g/mol. The van der Waals surface area contributed by atoms with Crippen LogP contribution in [0.2, 0.25) is 0 Å². The first kappa shape index (κ1) is 21.1. The van der Waals surface area contributed by atoms with E-state index in [4.69, 9.17) is 9.47 Å². The molecule has 2 aliphatic heterocycles. The van der Waals surface area contributed by atoms with Crippen molar-refractivity contribution in [2.75, 3.05) is 24.8 Å². The maximum Gasteiger partial charge on any atom is 0.231 e. The number of hydrogen-bond acceptors (Lipinski definition) is 5. The summed E-state index contributed by atoms with van der Waals surface area (Å²) in [6.45, 7) is 5.08. The number of nitrogens with zero attached hydrogens (tertiary/aromatic N) is 3. The van der Waals surface area contributed by atoms with E-state index in [1.54, 1.807) is 17.0 Å². The van der Waals surface area contributed by atoms with Crippen LogP contribution in [-0.4, -0.2) is 41.5 Å². The number of amides is 2. The zero-order valence-corrected chi connectivity index (χ0v) is 18.7. The van der Waals surface area contributed by atoms with Gasteiger partial charge in [-0.2, -0.15) is 5.10 Å². The Morgan fingerprint density at radius 3 is 2.58 bits per heavy atom. The maximum absolute atomic E-state index is 12.7. The Morgan fingerprint density at radius 2 is 1.82 bits per heavy atom. The largest absolute Gasteiger partial charge is 0.454 e. The number of carbonyl (C=O) groups is 2. The lowest BCUT2D eigenvalue weighted by Gasteiger charge is -2.17. The molecular weight excluding hydrogens is 420 g/mol. The Labute approximate surface area is 192 Å². The Balaban J connectivity index is 1.14. The van der Waals surface area contributed by atoms with Gasteiger partial charge in [-0.15, -0.1) is 0 Å². The van der Waals surface area contributed by atoms with E-state index in [2.05, 4.69) is 22.5 Å². The molecule has 0 aliphatic carbocycles. The molecule has 1 N–H and O–H groups in total. The van der Waals surface area contributed by atoms with Gasteiger partial charge >= 0.3 is 0 Å². The summed E-state index contributed by atoms with van der Waals surface area (Å²) in [4.78, 5) is 26.8. The number of ether oxygens (including phenoxy) is 2. The van der Waals surface area contributed by atoms with E-state index in [0.29, 0.717) is 24.6 Å². The van der Waals surface area contributed by atoms with E-state index >= 15 is 0 Å². The summed E-state index contributed by atoms with van der Waals surface area (Å²) in [7, 11) is 0. The van der Waals surface area contributed by atoms with E-state index < -0.39 is 0 Å². The molecule has 1 saturated heterocycles. The monoisotopic (exact) mass is 446 g/mol. The highest BCUT2D eigenvalue weighted by molar-refractivity contribution is 6.00.